The lowest BCUT2D eigenvalue weighted by atomic mass is 9.85. The number of phenolic OH excluding ortho intramolecular Hbond substituents is 1. The first-order valence-corrected chi connectivity index (χ1v) is 7.61. The van der Waals surface area contributed by atoms with Crippen LogP contribution in [-0.2, 0) is 0 Å². The fourth-order valence-electron chi connectivity index (χ4n) is 3.07. The van der Waals surface area contributed by atoms with Gasteiger partial charge in [0.25, 0.3) is 0 Å². The molecule has 0 spiro atoms. The van der Waals surface area contributed by atoms with Gasteiger partial charge in [0, 0.05) is 11.6 Å². The van der Waals surface area contributed by atoms with E-state index in [9.17, 15) is 5.11 Å². The molecule has 1 saturated heterocycles. The molecule has 1 unspecified atom stereocenters. The fraction of sp³-hybridized carbons (Fsp3) is 0.647. The van der Waals surface area contributed by atoms with Gasteiger partial charge in [0.2, 0.25) is 0 Å². The van der Waals surface area contributed by atoms with E-state index in [4.69, 9.17) is 0 Å². The molecule has 1 heterocycles. The van der Waals surface area contributed by atoms with Crippen molar-refractivity contribution >= 4 is 0 Å². The highest BCUT2D eigenvalue weighted by atomic mass is 16.3. The summed E-state index contributed by atoms with van der Waals surface area (Å²) in [4.78, 5) is 0. The van der Waals surface area contributed by atoms with E-state index in [2.05, 4.69) is 45.1 Å². The molecule has 2 N–H and O–H groups in total. The van der Waals surface area contributed by atoms with E-state index in [-0.39, 0.29) is 0 Å². The van der Waals surface area contributed by atoms with Gasteiger partial charge in [0.1, 0.15) is 5.75 Å². The Bertz CT molecular complexity index is 431. The van der Waals surface area contributed by atoms with E-state index in [0.717, 1.165) is 24.1 Å². The first-order valence-electron chi connectivity index (χ1n) is 7.61. The van der Waals surface area contributed by atoms with E-state index < -0.39 is 0 Å². The van der Waals surface area contributed by atoms with Crippen LogP contribution in [0, 0.1) is 0 Å². The van der Waals surface area contributed by atoms with Gasteiger partial charge in [-0.3, -0.25) is 0 Å². The third-order valence-corrected chi connectivity index (χ3v) is 4.18. The molecule has 1 atom stereocenters. The molecular formula is C17H27NO. The summed E-state index contributed by atoms with van der Waals surface area (Å²) < 4.78 is 0. The minimum atomic E-state index is 0.324. The van der Waals surface area contributed by atoms with Crippen molar-refractivity contribution in [1.82, 2.24) is 5.32 Å². The Kier molecular flexibility index (Phi) is 4.51. The Morgan fingerprint density at radius 2 is 1.68 bits per heavy atom. The second-order valence-corrected chi connectivity index (χ2v) is 6.32. The van der Waals surface area contributed by atoms with Crippen molar-refractivity contribution in [3.8, 4) is 5.75 Å². The number of benzene rings is 1. The van der Waals surface area contributed by atoms with Gasteiger partial charge in [0.15, 0.2) is 0 Å². The first kappa shape index (κ1) is 14.4. The van der Waals surface area contributed by atoms with Crippen molar-refractivity contribution in [2.75, 3.05) is 6.54 Å². The molecule has 2 heteroatoms. The predicted molar refractivity (Wildman–Crippen MR) is 80.9 cm³/mol. The van der Waals surface area contributed by atoms with Crippen molar-refractivity contribution in [2.24, 2.45) is 0 Å². The van der Waals surface area contributed by atoms with E-state index in [1.54, 1.807) is 0 Å². The molecular weight excluding hydrogens is 234 g/mol. The van der Waals surface area contributed by atoms with Gasteiger partial charge in [-0.2, -0.15) is 0 Å². The number of nitrogens with one attached hydrogen (secondary N) is 1. The van der Waals surface area contributed by atoms with E-state index >= 15 is 0 Å². The molecule has 2 nitrogen and oxygen atoms in total. The molecule has 0 aliphatic carbocycles. The van der Waals surface area contributed by atoms with Crippen LogP contribution in [-0.4, -0.2) is 11.7 Å². The van der Waals surface area contributed by atoms with Gasteiger partial charge in [-0.1, -0.05) is 46.2 Å². The molecule has 2 rings (SSSR count). The quantitative estimate of drug-likeness (QED) is 0.842. The van der Waals surface area contributed by atoms with Crippen LogP contribution in [0.2, 0.25) is 0 Å². The lowest BCUT2D eigenvalue weighted by Gasteiger charge is -2.29. The zero-order chi connectivity index (χ0) is 14.0. The molecule has 1 aliphatic heterocycles. The van der Waals surface area contributed by atoms with Crippen molar-refractivity contribution < 1.29 is 5.11 Å². The number of rotatable bonds is 3. The maximum atomic E-state index is 10.7. The molecule has 1 aromatic rings. The summed E-state index contributed by atoms with van der Waals surface area (Å²) in [6.45, 7) is 9.75. The van der Waals surface area contributed by atoms with Crippen LogP contribution in [0.3, 0.4) is 0 Å². The van der Waals surface area contributed by atoms with Crippen LogP contribution < -0.4 is 5.32 Å². The van der Waals surface area contributed by atoms with Crippen molar-refractivity contribution in [3.63, 3.8) is 0 Å². The monoisotopic (exact) mass is 261 g/mol. The van der Waals surface area contributed by atoms with Gasteiger partial charge >= 0.3 is 0 Å². The lowest BCUT2D eigenvalue weighted by molar-refractivity contribution is 0.384. The van der Waals surface area contributed by atoms with Crippen LogP contribution in [0.4, 0.5) is 0 Å². The third-order valence-electron chi connectivity index (χ3n) is 4.18. The Hall–Kier alpha value is -1.02. The average Bonchev–Trinajstić information content (AvgIpc) is 2.38. The molecule has 0 radical (unpaired) electrons. The number of phenols is 1. The second kappa shape index (κ2) is 5.96. The summed E-state index contributed by atoms with van der Waals surface area (Å²) in [6.07, 6.45) is 3.63. The minimum Gasteiger partial charge on any atom is -0.507 e. The topological polar surface area (TPSA) is 32.3 Å². The standard InChI is InChI=1S/C17H27NO/c1-11(2)13-8-9-14(12(3)4)17(19)16(13)15-7-5-6-10-18-15/h8-9,11-12,15,18-19H,5-7,10H2,1-4H3. The van der Waals surface area contributed by atoms with Crippen LogP contribution >= 0.6 is 0 Å². The highest BCUT2D eigenvalue weighted by Gasteiger charge is 2.24. The van der Waals surface area contributed by atoms with E-state index in [1.807, 2.05) is 0 Å². The number of piperidine rings is 1. The Balaban J connectivity index is 2.49. The predicted octanol–water partition coefficient (Wildman–Crippen LogP) is 4.45. The fourth-order valence-corrected chi connectivity index (χ4v) is 3.07. The minimum absolute atomic E-state index is 0.324. The Morgan fingerprint density at radius 3 is 2.21 bits per heavy atom. The molecule has 0 saturated carbocycles. The highest BCUT2D eigenvalue weighted by molar-refractivity contribution is 5.50. The van der Waals surface area contributed by atoms with Gasteiger partial charge < -0.3 is 10.4 Å². The van der Waals surface area contributed by atoms with Crippen molar-refractivity contribution in [3.05, 3.63) is 28.8 Å². The molecule has 19 heavy (non-hydrogen) atoms. The van der Waals surface area contributed by atoms with Gasteiger partial charge in [-0.05, 0) is 42.3 Å². The van der Waals surface area contributed by atoms with E-state index in [1.165, 1.54) is 18.4 Å². The maximum Gasteiger partial charge on any atom is 0.124 e. The average molecular weight is 261 g/mol. The third kappa shape index (κ3) is 2.94. The molecule has 1 aromatic carbocycles. The van der Waals surface area contributed by atoms with Crippen LogP contribution in [0.15, 0.2) is 12.1 Å². The molecule has 1 fully saturated rings. The SMILES string of the molecule is CC(C)c1ccc(C(C)C)c(C2CCCCN2)c1O. The summed E-state index contributed by atoms with van der Waals surface area (Å²) in [5.74, 6) is 1.34. The zero-order valence-electron chi connectivity index (χ0n) is 12.7. The summed E-state index contributed by atoms with van der Waals surface area (Å²) in [5, 5.41) is 14.3. The first-order chi connectivity index (χ1) is 9.02. The van der Waals surface area contributed by atoms with Crippen molar-refractivity contribution in [2.45, 2.75) is 64.8 Å². The summed E-state index contributed by atoms with van der Waals surface area (Å²) in [7, 11) is 0. The van der Waals surface area contributed by atoms with Gasteiger partial charge in [0.05, 0.1) is 0 Å². The second-order valence-electron chi connectivity index (χ2n) is 6.32. The molecule has 0 amide bonds. The zero-order valence-corrected chi connectivity index (χ0v) is 12.7. The maximum absolute atomic E-state index is 10.7. The van der Waals surface area contributed by atoms with E-state index in [0.29, 0.717) is 23.6 Å². The number of aromatic hydroxyl groups is 1. The Morgan fingerprint density at radius 1 is 1.05 bits per heavy atom. The smallest absolute Gasteiger partial charge is 0.124 e. The normalized spacial score (nSPS) is 20.2. The van der Waals surface area contributed by atoms with Gasteiger partial charge in [-0.15, -0.1) is 0 Å². The summed E-state index contributed by atoms with van der Waals surface area (Å²) in [6, 6.07) is 4.64. The highest BCUT2D eigenvalue weighted by Crippen LogP contribution is 2.40. The summed E-state index contributed by atoms with van der Waals surface area (Å²) in [5.41, 5.74) is 3.52. The number of hydrogen-bond acceptors (Lipinski definition) is 2. The van der Waals surface area contributed by atoms with Crippen molar-refractivity contribution in [1.29, 1.82) is 0 Å². The molecule has 106 valence electrons. The van der Waals surface area contributed by atoms with Crippen LogP contribution in [0.25, 0.3) is 0 Å². The summed E-state index contributed by atoms with van der Waals surface area (Å²) >= 11 is 0. The Labute approximate surface area is 117 Å². The lowest BCUT2D eigenvalue weighted by Crippen LogP contribution is -2.28. The molecule has 1 aliphatic rings. The largest absolute Gasteiger partial charge is 0.507 e. The van der Waals surface area contributed by atoms with Crippen LogP contribution in [0.1, 0.15) is 81.5 Å². The molecule has 0 bridgehead atoms. The van der Waals surface area contributed by atoms with Gasteiger partial charge in [-0.25, -0.2) is 0 Å². The molecule has 0 aromatic heterocycles. The van der Waals surface area contributed by atoms with Crippen LogP contribution in [0.5, 0.6) is 5.75 Å². The number of hydrogen-bond donors (Lipinski definition) is 2.